The highest BCUT2D eigenvalue weighted by molar-refractivity contribution is 5.67. The van der Waals surface area contributed by atoms with Crippen molar-refractivity contribution in [3.8, 4) is 5.75 Å². The molecule has 0 atom stereocenters. The van der Waals surface area contributed by atoms with Crippen LogP contribution in [0, 0.1) is 0 Å². The molecule has 1 N–H and O–H groups in total. The molecule has 3 aliphatic rings. The molecule has 0 spiro atoms. The van der Waals surface area contributed by atoms with Gasteiger partial charge in [0.1, 0.15) is 11.9 Å². The Morgan fingerprint density at radius 1 is 1.03 bits per heavy atom. The Morgan fingerprint density at radius 3 is 2.41 bits per heavy atom. The Hall–Kier alpha value is -1.79. The van der Waals surface area contributed by atoms with Crippen LogP contribution >= 0.6 is 0 Å². The van der Waals surface area contributed by atoms with Gasteiger partial charge in [0.15, 0.2) is 0 Å². The predicted octanol–water partition coefficient (Wildman–Crippen LogP) is 3.53. The number of carbonyl (C=O) groups excluding carboxylic acids is 1. The predicted molar refractivity (Wildman–Crippen MR) is 113 cm³/mol. The Morgan fingerprint density at radius 2 is 1.76 bits per heavy atom. The van der Waals surface area contributed by atoms with Crippen LogP contribution in [-0.4, -0.2) is 60.4 Å². The lowest BCUT2D eigenvalue weighted by Gasteiger charge is -2.36. The van der Waals surface area contributed by atoms with Crippen molar-refractivity contribution in [2.24, 2.45) is 0 Å². The van der Waals surface area contributed by atoms with Crippen LogP contribution in [0.25, 0.3) is 0 Å². The Labute approximate surface area is 174 Å². The van der Waals surface area contributed by atoms with Crippen molar-refractivity contribution in [2.45, 2.75) is 77.0 Å². The lowest BCUT2D eigenvalue weighted by Crippen LogP contribution is -2.42. The lowest BCUT2D eigenvalue weighted by atomic mass is 9.91. The van der Waals surface area contributed by atoms with Crippen LogP contribution in [-0.2, 0) is 17.7 Å². The third-order valence-electron chi connectivity index (χ3n) is 6.43. The second kappa shape index (κ2) is 9.35. The maximum Gasteiger partial charge on any atom is 0.426 e. The van der Waals surface area contributed by atoms with E-state index in [1.165, 1.54) is 43.5 Å². The Kier molecular flexibility index (Phi) is 6.60. The first-order valence-corrected chi connectivity index (χ1v) is 11.3. The van der Waals surface area contributed by atoms with Gasteiger partial charge in [-0.2, -0.15) is 0 Å². The highest BCUT2D eigenvalue weighted by Gasteiger charge is 2.27. The topological polar surface area (TPSA) is 54.0 Å². The minimum Gasteiger partial charge on any atom is -0.490 e. The highest BCUT2D eigenvalue weighted by Crippen LogP contribution is 2.29. The number of fused-ring (bicyclic) bond motifs is 1. The summed E-state index contributed by atoms with van der Waals surface area (Å²) in [6.45, 7) is 7.63. The number of carbonyl (C=O) groups is 1. The molecular formula is C23H35N3O3. The second-order valence-corrected chi connectivity index (χ2v) is 8.98. The Balaban J connectivity index is 1.26. The van der Waals surface area contributed by atoms with Crippen molar-refractivity contribution in [2.75, 3.05) is 26.2 Å². The third-order valence-corrected chi connectivity index (χ3v) is 6.43. The first-order chi connectivity index (χ1) is 14.1. The second-order valence-electron chi connectivity index (χ2n) is 8.98. The first-order valence-electron chi connectivity index (χ1n) is 11.3. The molecule has 1 aromatic rings. The van der Waals surface area contributed by atoms with Gasteiger partial charge in [0.05, 0.1) is 0 Å². The van der Waals surface area contributed by atoms with Gasteiger partial charge in [-0.05, 0) is 62.8 Å². The summed E-state index contributed by atoms with van der Waals surface area (Å²) in [5, 5.41) is 4.49. The number of piperidine rings is 1. The van der Waals surface area contributed by atoms with E-state index in [1.54, 1.807) is 5.06 Å². The first kappa shape index (κ1) is 20.5. The van der Waals surface area contributed by atoms with Gasteiger partial charge in [0, 0.05) is 51.1 Å². The monoisotopic (exact) mass is 401 g/mol. The smallest absolute Gasteiger partial charge is 0.426 e. The van der Waals surface area contributed by atoms with Crippen molar-refractivity contribution in [3.63, 3.8) is 0 Å². The fourth-order valence-corrected chi connectivity index (χ4v) is 4.52. The molecule has 0 radical (unpaired) electrons. The molecule has 4 rings (SSSR count). The maximum atomic E-state index is 11.7. The lowest BCUT2D eigenvalue weighted by molar-refractivity contribution is -0.124. The molecule has 160 valence electrons. The number of nitrogens with zero attached hydrogens (tertiary/aromatic N) is 2. The molecule has 1 saturated carbocycles. The van der Waals surface area contributed by atoms with Crippen LogP contribution < -0.4 is 10.1 Å². The van der Waals surface area contributed by atoms with E-state index in [9.17, 15) is 4.79 Å². The number of ether oxygens (including phenoxy) is 1. The summed E-state index contributed by atoms with van der Waals surface area (Å²) >= 11 is 0. The van der Waals surface area contributed by atoms with E-state index < -0.39 is 0 Å². The van der Waals surface area contributed by atoms with Gasteiger partial charge >= 0.3 is 6.09 Å². The van der Waals surface area contributed by atoms with Crippen molar-refractivity contribution in [3.05, 3.63) is 29.3 Å². The van der Waals surface area contributed by atoms with Crippen molar-refractivity contribution >= 4 is 6.09 Å². The molecule has 1 saturated heterocycles. The van der Waals surface area contributed by atoms with Crippen LogP contribution in [0.4, 0.5) is 4.79 Å². The quantitative estimate of drug-likeness (QED) is 0.818. The molecule has 0 unspecified atom stereocenters. The van der Waals surface area contributed by atoms with Gasteiger partial charge in [0.2, 0.25) is 0 Å². The van der Waals surface area contributed by atoms with E-state index >= 15 is 0 Å². The van der Waals surface area contributed by atoms with Gasteiger partial charge < -0.3 is 14.9 Å². The summed E-state index contributed by atoms with van der Waals surface area (Å²) in [7, 11) is 0. The molecule has 2 fully saturated rings. The molecule has 0 aromatic heterocycles. The fourth-order valence-electron chi connectivity index (χ4n) is 4.52. The summed E-state index contributed by atoms with van der Waals surface area (Å²) in [5.74, 6) is 0.984. The fraction of sp³-hybridized carbons (Fsp3) is 0.696. The van der Waals surface area contributed by atoms with Crippen LogP contribution in [0.5, 0.6) is 5.75 Å². The van der Waals surface area contributed by atoms with E-state index in [-0.39, 0.29) is 18.2 Å². The normalized spacial score (nSPS) is 21.9. The molecule has 1 aliphatic carbocycles. The zero-order valence-electron chi connectivity index (χ0n) is 17.9. The van der Waals surface area contributed by atoms with Gasteiger partial charge in [-0.25, -0.2) is 4.79 Å². The average molecular weight is 402 g/mol. The molecule has 0 bridgehead atoms. The summed E-state index contributed by atoms with van der Waals surface area (Å²) in [5.41, 5.74) is 2.94. The molecule has 1 amide bonds. The largest absolute Gasteiger partial charge is 0.490 e. The van der Waals surface area contributed by atoms with E-state index in [2.05, 4.69) is 28.4 Å². The third kappa shape index (κ3) is 5.43. The van der Waals surface area contributed by atoms with Crippen molar-refractivity contribution in [1.82, 2.24) is 15.3 Å². The molecule has 1 aromatic carbocycles. The standard InChI is InChI=1S/C23H35N3O3/c1-17(2)24-23(27)29-26-14-10-21(11-15-26)28-22-7-6-18-8-12-25(20-4-3-5-20)13-9-19(18)16-22/h6-7,16-17,20-21H,3-5,8-15H2,1-2H3,(H,24,27). The summed E-state index contributed by atoms with van der Waals surface area (Å²) < 4.78 is 6.29. The Bertz CT molecular complexity index is 697. The zero-order chi connectivity index (χ0) is 20.2. The molecular weight excluding hydrogens is 366 g/mol. The van der Waals surface area contributed by atoms with Crippen molar-refractivity contribution < 1.29 is 14.4 Å². The van der Waals surface area contributed by atoms with Crippen LogP contribution in [0.3, 0.4) is 0 Å². The molecule has 2 heterocycles. The number of nitrogens with one attached hydrogen (secondary N) is 1. The number of rotatable bonds is 5. The molecule has 2 aliphatic heterocycles. The summed E-state index contributed by atoms with van der Waals surface area (Å²) in [4.78, 5) is 19.8. The zero-order valence-corrected chi connectivity index (χ0v) is 17.9. The van der Waals surface area contributed by atoms with Crippen molar-refractivity contribution in [1.29, 1.82) is 0 Å². The number of amides is 1. The van der Waals surface area contributed by atoms with Gasteiger partial charge in [-0.3, -0.25) is 4.90 Å². The van der Waals surface area contributed by atoms with Gasteiger partial charge in [-0.1, -0.05) is 12.5 Å². The van der Waals surface area contributed by atoms with E-state index in [4.69, 9.17) is 9.57 Å². The summed E-state index contributed by atoms with van der Waals surface area (Å²) in [6, 6.07) is 7.58. The number of hydroxylamine groups is 2. The van der Waals surface area contributed by atoms with E-state index in [0.29, 0.717) is 13.1 Å². The van der Waals surface area contributed by atoms with Crippen LogP contribution in [0.15, 0.2) is 18.2 Å². The minimum atomic E-state index is -0.374. The molecule has 29 heavy (non-hydrogen) atoms. The molecule has 6 heteroatoms. The van der Waals surface area contributed by atoms with Gasteiger partial charge in [0.25, 0.3) is 0 Å². The van der Waals surface area contributed by atoms with E-state index in [1.807, 2.05) is 13.8 Å². The number of hydrogen-bond acceptors (Lipinski definition) is 5. The van der Waals surface area contributed by atoms with Crippen LogP contribution in [0.1, 0.15) is 57.1 Å². The number of benzene rings is 1. The maximum absolute atomic E-state index is 11.7. The number of hydrogen-bond donors (Lipinski definition) is 1. The van der Waals surface area contributed by atoms with E-state index in [0.717, 1.165) is 37.5 Å². The van der Waals surface area contributed by atoms with Gasteiger partial charge in [-0.15, -0.1) is 5.06 Å². The summed E-state index contributed by atoms with van der Waals surface area (Å²) in [6.07, 6.45) is 7.97. The average Bonchev–Trinajstić information content (AvgIpc) is 2.84. The SMILES string of the molecule is CC(C)NC(=O)ON1CCC(Oc2ccc3c(c2)CCN(C2CCC2)CC3)CC1. The molecule has 6 nitrogen and oxygen atoms in total. The highest BCUT2D eigenvalue weighted by atomic mass is 16.7. The minimum absolute atomic E-state index is 0.0809. The van der Waals surface area contributed by atoms with Crippen LogP contribution in [0.2, 0.25) is 0 Å².